The Morgan fingerprint density at radius 3 is 2.50 bits per heavy atom. The topological polar surface area (TPSA) is 0 Å². The van der Waals surface area contributed by atoms with E-state index in [1.807, 2.05) is 31.2 Å². The lowest BCUT2D eigenvalue weighted by Crippen LogP contribution is -1.73. The largest absolute Gasteiger partial charge is 0.115 e. The first-order chi connectivity index (χ1) is 4.33. The van der Waals surface area contributed by atoms with Gasteiger partial charge in [0.25, 0.3) is 0 Å². The van der Waals surface area contributed by atoms with Crippen LogP contribution in [0, 0.1) is 19.3 Å². The van der Waals surface area contributed by atoms with Gasteiger partial charge in [-0.05, 0) is 24.6 Å². The number of aryl methyl sites for hydroxylation is 1. The summed E-state index contributed by atoms with van der Waals surface area (Å²) in [5.41, 5.74) is 2.17. The van der Waals surface area contributed by atoms with Crippen LogP contribution in [0.4, 0.5) is 0 Å². The lowest BCUT2D eigenvalue weighted by atomic mass is 10.1. The van der Waals surface area contributed by atoms with Gasteiger partial charge in [-0.1, -0.05) is 18.1 Å². The lowest BCUT2D eigenvalue weighted by Gasteiger charge is -1.90. The molecule has 1 aromatic rings. The van der Waals surface area contributed by atoms with Gasteiger partial charge in [0, 0.05) is 5.56 Å². The monoisotopic (exact) mass is 196 g/mol. The standard InChI is InChI=1S/C9H8.BrH/c1-3-9-6-4-5-8(2)7-9;/h1,4-7H,2H3;1H. The highest BCUT2D eigenvalue weighted by atomic mass is 79.9. The SMILES string of the molecule is Br.C#Cc1cccc(C)c1. The van der Waals surface area contributed by atoms with Gasteiger partial charge in [-0.15, -0.1) is 23.4 Å². The van der Waals surface area contributed by atoms with Crippen molar-refractivity contribution in [3.8, 4) is 12.3 Å². The number of terminal acetylenes is 1. The molecule has 0 N–H and O–H groups in total. The van der Waals surface area contributed by atoms with Gasteiger partial charge in [-0.2, -0.15) is 0 Å². The van der Waals surface area contributed by atoms with Crippen molar-refractivity contribution in [1.82, 2.24) is 0 Å². The molecule has 52 valence electrons. The number of halogens is 1. The molecule has 0 saturated heterocycles. The van der Waals surface area contributed by atoms with E-state index in [2.05, 4.69) is 5.92 Å². The van der Waals surface area contributed by atoms with Crippen LogP contribution in [0.25, 0.3) is 0 Å². The molecule has 0 unspecified atom stereocenters. The molecule has 1 heteroatoms. The fourth-order valence-electron chi connectivity index (χ4n) is 0.735. The molecular formula is C9H9Br. The number of hydrogen-bond donors (Lipinski definition) is 0. The second-order valence-electron chi connectivity index (χ2n) is 2.01. The summed E-state index contributed by atoms with van der Waals surface area (Å²) < 4.78 is 0. The van der Waals surface area contributed by atoms with Crippen LogP contribution in [0.5, 0.6) is 0 Å². The molecule has 0 atom stereocenters. The molecule has 0 aliphatic rings. The molecule has 0 spiro atoms. The van der Waals surface area contributed by atoms with Crippen LogP contribution in [-0.2, 0) is 0 Å². The minimum atomic E-state index is 0. The number of hydrogen-bond acceptors (Lipinski definition) is 0. The van der Waals surface area contributed by atoms with Gasteiger partial charge in [0.2, 0.25) is 0 Å². The quantitative estimate of drug-likeness (QED) is 0.560. The van der Waals surface area contributed by atoms with Crippen molar-refractivity contribution in [2.24, 2.45) is 0 Å². The summed E-state index contributed by atoms with van der Waals surface area (Å²) in [7, 11) is 0. The molecule has 1 aromatic carbocycles. The number of rotatable bonds is 0. The van der Waals surface area contributed by atoms with E-state index in [-0.39, 0.29) is 17.0 Å². The molecule has 0 aliphatic carbocycles. The Hall–Kier alpha value is -0.740. The fourth-order valence-corrected chi connectivity index (χ4v) is 0.735. The highest BCUT2D eigenvalue weighted by Crippen LogP contribution is 2.00. The predicted octanol–water partition coefficient (Wildman–Crippen LogP) is 2.55. The summed E-state index contributed by atoms with van der Waals surface area (Å²) in [4.78, 5) is 0. The Bertz CT molecular complexity index is 245. The van der Waals surface area contributed by atoms with Crippen LogP contribution in [0.2, 0.25) is 0 Å². The van der Waals surface area contributed by atoms with Crippen molar-refractivity contribution in [2.45, 2.75) is 6.92 Å². The normalized spacial score (nSPS) is 7.60. The van der Waals surface area contributed by atoms with Gasteiger partial charge in [0.1, 0.15) is 0 Å². The Balaban J connectivity index is 0.000000810. The summed E-state index contributed by atoms with van der Waals surface area (Å²) in [6.07, 6.45) is 5.17. The number of benzene rings is 1. The zero-order chi connectivity index (χ0) is 6.69. The van der Waals surface area contributed by atoms with Crippen LogP contribution in [0.15, 0.2) is 24.3 Å². The van der Waals surface area contributed by atoms with Gasteiger partial charge in [-0.25, -0.2) is 0 Å². The van der Waals surface area contributed by atoms with Crippen molar-refractivity contribution in [2.75, 3.05) is 0 Å². The molecule has 1 rings (SSSR count). The summed E-state index contributed by atoms with van der Waals surface area (Å²) >= 11 is 0. The third kappa shape index (κ3) is 2.24. The first kappa shape index (κ1) is 9.26. The maximum atomic E-state index is 5.17. The fraction of sp³-hybridized carbons (Fsp3) is 0.111. The van der Waals surface area contributed by atoms with Crippen LogP contribution in [0.3, 0.4) is 0 Å². The second kappa shape index (κ2) is 4.14. The molecule has 0 heterocycles. The van der Waals surface area contributed by atoms with Crippen LogP contribution in [-0.4, -0.2) is 0 Å². The molecule has 0 saturated carbocycles. The van der Waals surface area contributed by atoms with E-state index in [1.54, 1.807) is 0 Å². The minimum absolute atomic E-state index is 0. The van der Waals surface area contributed by atoms with E-state index in [0.29, 0.717) is 0 Å². The molecule has 0 nitrogen and oxygen atoms in total. The van der Waals surface area contributed by atoms with Crippen molar-refractivity contribution in [3.05, 3.63) is 35.4 Å². The van der Waals surface area contributed by atoms with Crippen molar-refractivity contribution < 1.29 is 0 Å². The van der Waals surface area contributed by atoms with Gasteiger partial charge in [0.05, 0.1) is 0 Å². The highest BCUT2D eigenvalue weighted by molar-refractivity contribution is 8.93. The van der Waals surface area contributed by atoms with Crippen LogP contribution in [0.1, 0.15) is 11.1 Å². The van der Waals surface area contributed by atoms with Gasteiger partial charge < -0.3 is 0 Å². The second-order valence-corrected chi connectivity index (χ2v) is 2.01. The molecule has 0 aromatic heterocycles. The zero-order valence-corrected chi connectivity index (χ0v) is 7.51. The Morgan fingerprint density at radius 2 is 2.10 bits per heavy atom. The first-order valence-corrected chi connectivity index (χ1v) is 2.86. The summed E-state index contributed by atoms with van der Waals surface area (Å²) in [6.45, 7) is 2.03. The van der Waals surface area contributed by atoms with Crippen molar-refractivity contribution in [3.63, 3.8) is 0 Å². The maximum absolute atomic E-state index is 5.17. The van der Waals surface area contributed by atoms with Crippen LogP contribution < -0.4 is 0 Å². The summed E-state index contributed by atoms with van der Waals surface area (Å²) in [5.74, 6) is 2.57. The van der Waals surface area contributed by atoms with Gasteiger partial charge >= 0.3 is 0 Å². The van der Waals surface area contributed by atoms with E-state index >= 15 is 0 Å². The maximum Gasteiger partial charge on any atom is 0.0245 e. The minimum Gasteiger partial charge on any atom is -0.115 e. The molecule has 0 amide bonds. The van der Waals surface area contributed by atoms with Gasteiger partial charge in [-0.3, -0.25) is 0 Å². The summed E-state index contributed by atoms with van der Waals surface area (Å²) in [6, 6.07) is 7.90. The molecule has 0 radical (unpaired) electrons. The Kier molecular flexibility index (Phi) is 3.83. The zero-order valence-electron chi connectivity index (χ0n) is 5.79. The van der Waals surface area contributed by atoms with E-state index in [1.165, 1.54) is 5.56 Å². The highest BCUT2D eigenvalue weighted by Gasteiger charge is 1.83. The average Bonchev–Trinajstić information content (AvgIpc) is 1.88. The Morgan fingerprint density at radius 1 is 1.40 bits per heavy atom. The van der Waals surface area contributed by atoms with Gasteiger partial charge in [0.15, 0.2) is 0 Å². The first-order valence-electron chi connectivity index (χ1n) is 2.86. The van der Waals surface area contributed by atoms with E-state index < -0.39 is 0 Å². The lowest BCUT2D eigenvalue weighted by molar-refractivity contribution is 1.46. The third-order valence-electron chi connectivity index (χ3n) is 1.18. The molecule has 10 heavy (non-hydrogen) atoms. The Labute approximate surface area is 72.0 Å². The average molecular weight is 197 g/mol. The van der Waals surface area contributed by atoms with E-state index in [9.17, 15) is 0 Å². The molecule has 0 aliphatic heterocycles. The molecule has 0 bridgehead atoms. The molecular weight excluding hydrogens is 188 g/mol. The predicted molar refractivity (Wildman–Crippen MR) is 49.4 cm³/mol. The summed E-state index contributed by atoms with van der Waals surface area (Å²) in [5, 5.41) is 0. The van der Waals surface area contributed by atoms with E-state index in [0.717, 1.165) is 5.56 Å². The molecule has 0 fully saturated rings. The van der Waals surface area contributed by atoms with Crippen molar-refractivity contribution >= 4 is 17.0 Å². The van der Waals surface area contributed by atoms with E-state index in [4.69, 9.17) is 6.42 Å². The van der Waals surface area contributed by atoms with Crippen LogP contribution >= 0.6 is 17.0 Å². The smallest absolute Gasteiger partial charge is 0.0245 e. The van der Waals surface area contributed by atoms with Crippen molar-refractivity contribution in [1.29, 1.82) is 0 Å². The third-order valence-corrected chi connectivity index (χ3v) is 1.18.